The van der Waals surface area contributed by atoms with Gasteiger partial charge in [0.15, 0.2) is 0 Å². The lowest BCUT2D eigenvalue weighted by Crippen LogP contribution is -2.13. The average Bonchev–Trinajstić information content (AvgIpc) is 2.49. The first-order valence-electron chi connectivity index (χ1n) is 7.33. The van der Waals surface area contributed by atoms with Gasteiger partial charge in [-0.25, -0.2) is 9.59 Å². The maximum absolute atomic E-state index is 9.10. The molecule has 0 saturated carbocycles. The fraction of sp³-hybridized carbons (Fsp3) is 0.500. The van der Waals surface area contributed by atoms with Gasteiger partial charge in [-0.1, -0.05) is 0 Å². The maximum atomic E-state index is 9.10. The lowest BCUT2D eigenvalue weighted by molar-refractivity contribution is -0.159. The van der Waals surface area contributed by atoms with E-state index in [1.807, 2.05) is 31.2 Å². The number of carboxylic acid groups (broad SMARTS) is 2. The predicted octanol–water partition coefficient (Wildman–Crippen LogP) is 1.96. The smallest absolute Gasteiger partial charge is 0.414 e. The zero-order valence-electron chi connectivity index (χ0n) is 13.8. The van der Waals surface area contributed by atoms with Crippen LogP contribution in [0, 0.1) is 0 Å². The second kappa shape index (κ2) is 12.3. The molecule has 1 rings (SSSR count). The van der Waals surface area contributed by atoms with Crippen molar-refractivity contribution in [3.8, 4) is 11.5 Å². The van der Waals surface area contributed by atoms with Crippen molar-refractivity contribution in [2.24, 2.45) is 0 Å². The van der Waals surface area contributed by atoms with Gasteiger partial charge in [-0.3, -0.25) is 0 Å². The molecule has 0 radical (unpaired) electrons. The van der Waals surface area contributed by atoms with E-state index in [1.54, 1.807) is 0 Å². The number of unbranched alkanes of at least 4 members (excludes halogenated alkanes) is 1. The highest BCUT2D eigenvalue weighted by atomic mass is 16.5. The summed E-state index contributed by atoms with van der Waals surface area (Å²) < 4.78 is 11.0. The molecule has 7 heteroatoms. The molecule has 0 heterocycles. The second-order valence-electron chi connectivity index (χ2n) is 4.87. The molecule has 23 heavy (non-hydrogen) atoms. The maximum Gasteiger partial charge on any atom is 0.414 e. The van der Waals surface area contributed by atoms with E-state index in [-0.39, 0.29) is 0 Å². The Morgan fingerprint density at radius 1 is 0.957 bits per heavy atom. The molecular formula is C16H25NO6. The number of aliphatic carboxylic acids is 2. The number of hydrogen-bond donors (Lipinski definition) is 2. The van der Waals surface area contributed by atoms with E-state index in [1.165, 1.54) is 6.42 Å². The molecule has 0 aliphatic carbocycles. The summed E-state index contributed by atoms with van der Waals surface area (Å²) >= 11 is 0. The molecule has 1 aromatic rings. The van der Waals surface area contributed by atoms with Crippen LogP contribution in [0.1, 0.15) is 19.8 Å². The fourth-order valence-electron chi connectivity index (χ4n) is 1.52. The SMILES string of the molecule is CCOc1ccc(OCCCCN(C)C)cc1.O=C(O)C(=O)O. The largest absolute Gasteiger partial charge is 0.494 e. The summed E-state index contributed by atoms with van der Waals surface area (Å²) in [5.74, 6) is -1.84. The summed E-state index contributed by atoms with van der Waals surface area (Å²) in [6, 6.07) is 7.80. The van der Waals surface area contributed by atoms with E-state index in [9.17, 15) is 0 Å². The Bertz CT molecular complexity index is 446. The van der Waals surface area contributed by atoms with E-state index >= 15 is 0 Å². The van der Waals surface area contributed by atoms with Crippen molar-refractivity contribution < 1.29 is 29.3 Å². The molecule has 0 amide bonds. The Kier molecular flexibility index (Phi) is 11.1. The van der Waals surface area contributed by atoms with Crippen molar-refractivity contribution in [3.63, 3.8) is 0 Å². The molecule has 7 nitrogen and oxygen atoms in total. The minimum absolute atomic E-state index is 0.699. The minimum Gasteiger partial charge on any atom is -0.494 e. The molecule has 0 aliphatic rings. The monoisotopic (exact) mass is 327 g/mol. The van der Waals surface area contributed by atoms with Gasteiger partial charge in [-0.15, -0.1) is 0 Å². The Hall–Kier alpha value is -2.28. The first-order chi connectivity index (χ1) is 10.9. The molecule has 0 spiro atoms. The Labute approximate surface area is 136 Å². The highest BCUT2D eigenvalue weighted by molar-refractivity contribution is 6.27. The molecule has 130 valence electrons. The topological polar surface area (TPSA) is 96.3 Å². The van der Waals surface area contributed by atoms with E-state index in [2.05, 4.69) is 19.0 Å². The number of hydrogen-bond acceptors (Lipinski definition) is 5. The fourth-order valence-corrected chi connectivity index (χ4v) is 1.52. The zero-order chi connectivity index (χ0) is 17.7. The standard InChI is InChI=1S/C14H23NO2.C2H2O4/c1-4-16-13-7-9-14(10-8-13)17-12-6-5-11-15(2)3;3-1(4)2(5)6/h7-10H,4-6,11-12H2,1-3H3;(H,3,4)(H,5,6). The summed E-state index contributed by atoms with van der Waals surface area (Å²) in [6.07, 6.45) is 2.26. The average molecular weight is 327 g/mol. The molecule has 0 saturated heterocycles. The molecular weight excluding hydrogens is 302 g/mol. The molecule has 2 N–H and O–H groups in total. The Morgan fingerprint density at radius 2 is 1.43 bits per heavy atom. The van der Waals surface area contributed by atoms with Crippen molar-refractivity contribution >= 4 is 11.9 Å². The lowest BCUT2D eigenvalue weighted by Gasteiger charge is -2.10. The van der Waals surface area contributed by atoms with Crippen LogP contribution in [0.25, 0.3) is 0 Å². The van der Waals surface area contributed by atoms with Gasteiger partial charge in [-0.2, -0.15) is 0 Å². The Balaban J connectivity index is 0.000000688. The second-order valence-corrected chi connectivity index (χ2v) is 4.87. The first kappa shape index (κ1) is 20.7. The van der Waals surface area contributed by atoms with Gasteiger partial charge in [0, 0.05) is 0 Å². The summed E-state index contributed by atoms with van der Waals surface area (Å²) in [6.45, 7) is 4.58. The first-order valence-corrected chi connectivity index (χ1v) is 7.33. The predicted molar refractivity (Wildman–Crippen MR) is 86.2 cm³/mol. The molecule has 0 aromatic heterocycles. The number of carboxylic acids is 2. The van der Waals surface area contributed by atoms with Crippen LogP contribution in [0.15, 0.2) is 24.3 Å². The van der Waals surface area contributed by atoms with E-state index in [0.717, 1.165) is 31.1 Å². The van der Waals surface area contributed by atoms with Crippen molar-refractivity contribution in [2.75, 3.05) is 33.9 Å². The van der Waals surface area contributed by atoms with E-state index < -0.39 is 11.9 Å². The van der Waals surface area contributed by atoms with E-state index in [0.29, 0.717) is 6.61 Å². The van der Waals surface area contributed by atoms with Crippen LogP contribution in [0.2, 0.25) is 0 Å². The van der Waals surface area contributed by atoms with E-state index in [4.69, 9.17) is 29.3 Å². The van der Waals surface area contributed by atoms with Crippen LogP contribution >= 0.6 is 0 Å². The third-order valence-corrected chi connectivity index (χ3v) is 2.59. The third-order valence-electron chi connectivity index (χ3n) is 2.59. The molecule has 0 atom stereocenters. The molecule has 0 aliphatic heterocycles. The quantitative estimate of drug-likeness (QED) is 0.556. The van der Waals surface area contributed by atoms with Crippen LogP contribution < -0.4 is 9.47 Å². The number of rotatable bonds is 8. The molecule has 0 bridgehead atoms. The van der Waals surface area contributed by atoms with Crippen LogP contribution in [-0.2, 0) is 9.59 Å². The summed E-state index contributed by atoms with van der Waals surface area (Å²) in [4.78, 5) is 20.4. The third kappa shape index (κ3) is 12.0. The molecule has 0 fully saturated rings. The minimum atomic E-state index is -1.82. The number of carbonyl (C=O) groups is 2. The van der Waals surface area contributed by atoms with Gasteiger partial charge in [0.25, 0.3) is 0 Å². The van der Waals surface area contributed by atoms with Crippen molar-refractivity contribution in [1.29, 1.82) is 0 Å². The van der Waals surface area contributed by atoms with Gasteiger partial charge in [-0.05, 0) is 64.7 Å². The van der Waals surface area contributed by atoms with Crippen molar-refractivity contribution in [3.05, 3.63) is 24.3 Å². The van der Waals surface area contributed by atoms with Gasteiger partial charge >= 0.3 is 11.9 Å². The number of nitrogens with zero attached hydrogens (tertiary/aromatic N) is 1. The van der Waals surface area contributed by atoms with Crippen molar-refractivity contribution in [1.82, 2.24) is 4.90 Å². The van der Waals surface area contributed by atoms with Gasteiger partial charge in [0.05, 0.1) is 13.2 Å². The summed E-state index contributed by atoms with van der Waals surface area (Å²) in [5.41, 5.74) is 0. The van der Waals surface area contributed by atoms with Crippen LogP contribution in [0.3, 0.4) is 0 Å². The lowest BCUT2D eigenvalue weighted by atomic mass is 10.3. The summed E-state index contributed by atoms with van der Waals surface area (Å²) in [5, 5.41) is 14.8. The van der Waals surface area contributed by atoms with Crippen LogP contribution in [-0.4, -0.2) is 60.9 Å². The van der Waals surface area contributed by atoms with Crippen molar-refractivity contribution in [2.45, 2.75) is 19.8 Å². The molecule has 1 aromatic carbocycles. The zero-order valence-corrected chi connectivity index (χ0v) is 13.8. The van der Waals surface area contributed by atoms with Crippen LogP contribution in [0.5, 0.6) is 11.5 Å². The number of benzene rings is 1. The summed E-state index contributed by atoms with van der Waals surface area (Å²) in [7, 11) is 4.18. The highest BCUT2D eigenvalue weighted by Crippen LogP contribution is 2.17. The van der Waals surface area contributed by atoms with Crippen LogP contribution in [0.4, 0.5) is 0 Å². The highest BCUT2D eigenvalue weighted by Gasteiger charge is 2.04. The number of ether oxygens (including phenoxy) is 2. The van der Waals surface area contributed by atoms with Gasteiger partial charge in [0.1, 0.15) is 11.5 Å². The normalized spacial score (nSPS) is 9.74. The Morgan fingerprint density at radius 3 is 1.83 bits per heavy atom. The molecule has 0 unspecified atom stereocenters. The van der Waals surface area contributed by atoms with Gasteiger partial charge < -0.3 is 24.6 Å². The van der Waals surface area contributed by atoms with Gasteiger partial charge in [0.2, 0.25) is 0 Å².